The van der Waals surface area contributed by atoms with Gasteiger partial charge in [-0.05, 0) is 62.8 Å². The lowest BCUT2D eigenvalue weighted by atomic mass is 9.87. The molecule has 1 saturated carbocycles. The van der Waals surface area contributed by atoms with Crippen LogP contribution in [0.3, 0.4) is 0 Å². The second-order valence-corrected chi connectivity index (χ2v) is 8.34. The molecule has 0 bridgehead atoms. The van der Waals surface area contributed by atoms with E-state index < -0.39 is 23.5 Å². The average Bonchev–Trinajstić information content (AvgIpc) is 3.21. The van der Waals surface area contributed by atoms with E-state index >= 15 is 0 Å². The highest BCUT2D eigenvalue weighted by Crippen LogP contribution is 2.33. The third-order valence-corrected chi connectivity index (χ3v) is 6.01. The van der Waals surface area contributed by atoms with Gasteiger partial charge in [0.25, 0.3) is 5.91 Å². The van der Waals surface area contributed by atoms with E-state index in [0.717, 1.165) is 37.8 Å². The van der Waals surface area contributed by atoms with Gasteiger partial charge in [0, 0.05) is 23.8 Å². The van der Waals surface area contributed by atoms with Crippen molar-refractivity contribution in [3.05, 3.63) is 53.5 Å². The molecule has 1 amide bonds. The number of aromatic nitrogens is 3. The molecule has 0 atom stereocenters. The number of aliphatic hydroxyl groups is 1. The Morgan fingerprint density at radius 3 is 2.55 bits per heavy atom. The summed E-state index contributed by atoms with van der Waals surface area (Å²) in [5.41, 5.74) is -0.607. The van der Waals surface area contributed by atoms with Crippen LogP contribution in [0, 0.1) is 5.92 Å². The molecule has 4 rings (SSSR count). The maximum absolute atomic E-state index is 12.9. The number of ketones is 1. The summed E-state index contributed by atoms with van der Waals surface area (Å²) >= 11 is 0. The SMILES string of the molecule is CC(=O)c1cc2nn([C@H]3CC[C@H](CO)CC3)cc2cc1NC(=O)c1cccc(C(F)(F)F)n1. The molecule has 3 aromatic rings. The third kappa shape index (κ3) is 4.90. The van der Waals surface area contributed by atoms with Crippen molar-refractivity contribution in [2.75, 3.05) is 11.9 Å². The Morgan fingerprint density at radius 1 is 1.18 bits per heavy atom. The van der Waals surface area contributed by atoms with Gasteiger partial charge in [-0.2, -0.15) is 18.3 Å². The van der Waals surface area contributed by atoms with Gasteiger partial charge in [0.15, 0.2) is 5.78 Å². The van der Waals surface area contributed by atoms with E-state index in [1.165, 1.54) is 13.0 Å². The summed E-state index contributed by atoms with van der Waals surface area (Å²) in [6.45, 7) is 1.52. The topological polar surface area (TPSA) is 97.1 Å². The molecule has 0 radical (unpaired) electrons. The molecule has 7 nitrogen and oxygen atoms in total. The Hall–Kier alpha value is -3.27. The normalized spacial score (nSPS) is 18.9. The smallest absolute Gasteiger partial charge is 0.396 e. The zero-order chi connectivity index (χ0) is 23.8. The number of alkyl halides is 3. The minimum atomic E-state index is -4.68. The number of pyridine rings is 1. The lowest BCUT2D eigenvalue weighted by molar-refractivity contribution is -0.141. The number of anilines is 1. The first-order chi connectivity index (χ1) is 15.7. The highest BCUT2D eigenvalue weighted by Gasteiger charge is 2.33. The van der Waals surface area contributed by atoms with Gasteiger partial charge in [-0.25, -0.2) is 4.98 Å². The summed E-state index contributed by atoms with van der Waals surface area (Å²) in [5, 5.41) is 17.2. The number of Topliss-reactive ketones (excluding diaryl/α,β-unsaturated/α-hetero) is 1. The zero-order valence-corrected chi connectivity index (χ0v) is 17.9. The molecule has 10 heteroatoms. The quantitative estimate of drug-likeness (QED) is 0.541. The van der Waals surface area contributed by atoms with Crippen LogP contribution < -0.4 is 5.32 Å². The van der Waals surface area contributed by atoms with Crippen LogP contribution in [-0.2, 0) is 6.18 Å². The molecule has 0 saturated heterocycles. The summed E-state index contributed by atoms with van der Waals surface area (Å²) in [4.78, 5) is 28.2. The van der Waals surface area contributed by atoms with Crippen LogP contribution in [0.5, 0.6) is 0 Å². The van der Waals surface area contributed by atoms with Crippen LogP contribution in [-0.4, -0.2) is 38.2 Å². The lowest BCUT2D eigenvalue weighted by Crippen LogP contribution is -2.20. The summed E-state index contributed by atoms with van der Waals surface area (Å²) in [6, 6.07) is 6.41. The second kappa shape index (κ2) is 8.93. The van der Waals surface area contributed by atoms with Gasteiger partial charge < -0.3 is 10.4 Å². The van der Waals surface area contributed by atoms with E-state index in [0.29, 0.717) is 16.8 Å². The molecule has 1 aliphatic rings. The molecular formula is C23H23F3N4O3. The molecule has 1 fully saturated rings. The van der Waals surface area contributed by atoms with Crippen molar-refractivity contribution in [3.63, 3.8) is 0 Å². The van der Waals surface area contributed by atoms with Crippen molar-refractivity contribution < 1.29 is 27.9 Å². The Kier molecular flexibility index (Phi) is 6.20. The molecule has 174 valence electrons. The minimum Gasteiger partial charge on any atom is -0.396 e. The van der Waals surface area contributed by atoms with E-state index in [9.17, 15) is 27.9 Å². The molecule has 33 heavy (non-hydrogen) atoms. The lowest BCUT2D eigenvalue weighted by Gasteiger charge is -2.27. The van der Waals surface area contributed by atoms with Gasteiger partial charge in [-0.1, -0.05) is 6.07 Å². The van der Waals surface area contributed by atoms with E-state index in [1.807, 2.05) is 10.9 Å². The highest BCUT2D eigenvalue weighted by atomic mass is 19.4. The van der Waals surface area contributed by atoms with E-state index in [-0.39, 0.29) is 29.7 Å². The predicted molar refractivity (Wildman–Crippen MR) is 115 cm³/mol. The van der Waals surface area contributed by atoms with Crippen molar-refractivity contribution in [2.24, 2.45) is 5.92 Å². The number of carbonyl (C=O) groups excluding carboxylic acids is 2. The van der Waals surface area contributed by atoms with Gasteiger partial charge in [-0.3, -0.25) is 14.3 Å². The van der Waals surface area contributed by atoms with Crippen LogP contribution in [0.2, 0.25) is 0 Å². The Balaban J connectivity index is 1.62. The highest BCUT2D eigenvalue weighted by molar-refractivity contribution is 6.10. The van der Waals surface area contributed by atoms with Crippen LogP contribution in [0.25, 0.3) is 10.9 Å². The molecule has 1 aromatic carbocycles. The van der Waals surface area contributed by atoms with Crippen LogP contribution in [0.1, 0.15) is 65.2 Å². The van der Waals surface area contributed by atoms with Crippen LogP contribution >= 0.6 is 0 Å². The van der Waals surface area contributed by atoms with Crippen molar-refractivity contribution in [3.8, 4) is 0 Å². The van der Waals surface area contributed by atoms with E-state index in [4.69, 9.17) is 0 Å². The summed E-state index contributed by atoms with van der Waals surface area (Å²) in [5.74, 6) is -0.860. The number of nitrogens with one attached hydrogen (secondary N) is 1. The second-order valence-electron chi connectivity index (χ2n) is 8.34. The number of hydrogen-bond acceptors (Lipinski definition) is 5. The summed E-state index contributed by atoms with van der Waals surface area (Å²) in [6.07, 6.45) is 0.724. The maximum Gasteiger partial charge on any atom is 0.433 e. The Bertz CT molecular complexity index is 1200. The fraction of sp³-hybridized carbons (Fsp3) is 0.391. The molecule has 0 spiro atoms. The number of nitrogens with zero attached hydrogens (tertiary/aromatic N) is 3. The van der Waals surface area contributed by atoms with Gasteiger partial charge in [-0.15, -0.1) is 0 Å². The van der Waals surface area contributed by atoms with Gasteiger partial charge in [0.1, 0.15) is 11.4 Å². The third-order valence-electron chi connectivity index (χ3n) is 6.01. The number of carbonyl (C=O) groups is 2. The minimum absolute atomic E-state index is 0.174. The summed E-state index contributed by atoms with van der Waals surface area (Å²) in [7, 11) is 0. The Morgan fingerprint density at radius 2 is 1.91 bits per heavy atom. The standard InChI is InChI=1S/C23H23F3N4O3/c1-13(32)17-10-19-15(11-30(29-19)16-7-5-14(12-31)6-8-16)9-20(17)28-22(33)18-3-2-4-21(27-18)23(24,25)26/h2-4,9-11,14,16,31H,5-8,12H2,1H3,(H,28,33)/t14-,16-. The number of aliphatic hydroxyl groups excluding tert-OH is 1. The largest absolute Gasteiger partial charge is 0.433 e. The Labute approximate surface area is 187 Å². The van der Waals surface area contributed by atoms with Gasteiger partial charge in [0.2, 0.25) is 0 Å². The first kappa shape index (κ1) is 22.9. The molecule has 0 unspecified atom stereocenters. The van der Waals surface area contributed by atoms with E-state index in [2.05, 4.69) is 15.4 Å². The molecular weight excluding hydrogens is 437 g/mol. The van der Waals surface area contributed by atoms with Gasteiger partial charge >= 0.3 is 6.18 Å². The monoisotopic (exact) mass is 460 g/mol. The number of halogens is 3. The average molecular weight is 460 g/mol. The molecule has 1 aliphatic carbocycles. The molecule has 2 heterocycles. The molecule has 2 N–H and O–H groups in total. The number of fused-ring (bicyclic) bond motifs is 1. The fourth-order valence-corrected chi connectivity index (χ4v) is 4.17. The fourth-order valence-electron chi connectivity index (χ4n) is 4.17. The maximum atomic E-state index is 12.9. The van der Waals surface area contributed by atoms with Crippen molar-refractivity contribution in [1.29, 1.82) is 0 Å². The predicted octanol–water partition coefficient (Wildman–Crippen LogP) is 4.63. The zero-order valence-electron chi connectivity index (χ0n) is 17.9. The van der Waals surface area contributed by atoms with Crippen molar-refractivity contribution in [2.45, 2.75) is 44.8 Å². The van der Waals surface area contributed by atoms with E-state index in [1.54, 1.807) is 12.1 Å². The number of rotatable bonds is 5. The first-order valence-corrected chi connectivity index (χ1v) is 10.7. The number of amides is 1. The molecule has 2 aromatic heterocycles. The first-order valence-electron chi connectivity index (χ1n) is 10.7. The molecule has 0 aliphatic heterocycles. The van der Waals surface area contributed by atoms with Crippen LogP contribution in [0.4, 0.5) is 18.9 Å². The van der Waals surface area contributed by atoms with Gasteiger partial charge in [0.05, 0.1) is 17.2 Å². The number of hydrogen-bond donors (Lipinski definition) is 2. The number of benzene rings is 1. The van der Waals surface area contributed by atoms with Crippen LogP contribution in [0.15, 0.2) is 36.5 Å². The van der Waals surface area contributed by atoms with Crippen molar-refractivity contribution >= 4 is 28.3 Å². The summed E-state index contributed by atoms with van der Waals surface area (Å²) < 4.78 is 40.7. The van der Waals surface area contributed by atoms with Crippen molar-refractivity contribution in [1.82, 2.24) is 14.8 Å².